The summed E-state index contributed by atoms with van der Waals surface area (Å²) in [5.74, 6) is -3.34. The van der Waals surface area contributed by atoms with Gasteiger partial charge >= 0.3 is 0 Å². The average Bonchev–Trinajstić information content (AvgIpc) is 3.11. The van der Waals surface area contributed by atoms with Crippen molar-refractivity contribution in [2.75, 3.05) is 13.2 Å². The van der Waals surface area contributed by atoms with Crippen molar-refractivity contribution in [1.82, 2.24) is 0 Å². The van der Waals surface area contributed by atoms with Crippen LogP contribution in [0, 0.1) is 0 Å². The Morgan fingerprint density at radius 1 is 1.07 bits per heavy atom. The number of fused-ring (bicyclic) bond motifs is 1. The SMILES string of the molecule is CCOc1ccc(C(=O)c2coc3c2C(=O)C(=O)C(=O)C3Cl)cc1OCC. The molecule has 0 N–H and O–H groups in total. The van der Waals surface area contributed by atoms with E-state index in [1.165, 1.54) is 12.1 Å². The molecule has 0 aliphatic heterocycles. The van der Waals surface area contributed by atoms with Gasteiger partial charge in [0.15, 0.2) is 22.7 Å². The number of hydrogen-bond donors (Lipinski definition) is 0. The summed E-state index contributed by atoms with van der Waals surface area (Å²) in [7, 11) is 0. The molecule has 27 heavy (non-hydrogen) atoms. The first-order valence-electron chi connectivity index (χ1n) is 8.23. The standard InChI is InChI=1S/C19H15ClO7/c1-3-25-11-6-5-9(7-12(11)26-4-2)15(21)10-8-27-19-13(10)16(22)18(24)17(23)14(19)20/h5-8,14H,3-4H2,1-2H3. The third kappa shape index (κ3) is 3.14. The van der Waals surface area contributed by atoms with Gasteiger partial charge in [-0.15, -0.1) is 11.6 Å². The van der Waals surface area contributed by atoms with Crippen molar-refractivity contribution in [3.63, 3.8) is 0 Å². The molecule has 2 aromatic rings. The van der Waals surface area contributed by atoms with Crippen LogP contribution in [-0.4, -0.2) is 36.3 Å². The molecule has 1 unspecified atom stereocenters. The lowest BCUT2D eigenvalue weighted by Gasteiger charge is -2.14. The summed E-state index contributed by atoms with van der Waals surface area (Å²) in [5, 5.41) is -1.42. The van der Waals surface area contributed by atoms with Crippen LogP contribution < -0.4 is 9.47 Å². The molecule has 0 fully saturated rings. The van der Waals surface area contributed by atoms with Gasteiger partial charge in [-0.05, 0) is 32.0 Å². The van der Waals surface area contributed by atoms with Gasteiger partial charge in [0.2, 0.25) is 11.6 Å². The van der Waals surface area contributed by atoms with Crippen molar-refractivity contribution in [3.8, 4) is 11.5 Å². The third-order valence-corrected chi connectivity index (χ3v) is 4.38. The molecule has 0 radical (unpaired) electrons. The van der Waals surface area contributed by atoms with E-state index in [1.54, 1.807) is 13.0 Å². The van der Waals surface area contributed by atoms with Crippen molar-refractivity contribution in [1.29, 1.82) is 0 Å². The fraction of sp³-hybridized carbons (Fsp3) is 0.263. The molecular weight excluding hydrogens is 376 g/mol. The number of halogens is 1. The Morgan fingerprint density at radius 2 is 1.74 bits per heavy atom. The summed E-state index contributed by atoms with van der Waals surface area (Å²) < 4.78 is 16.1. The second-order valence-corrected chi connectivity index (χ2v) is 6.07. The number of carbonyl (C=O) groups is 4. The molecule has 7 nitrogen and oxygen atoms in total. The minimum atomic E-state index is -1.42. The molecule has 1 aromatic heterocycles. The average molecular weight is 391 g/mol. The second-order valence-electron chi connectivity index (χ2n) is 5.63. The van der Waals surface area contributed by atoms with Crippen LogP contribution >= 0.6 is 11.6 Å². The smallest absolute Gasteiger partial charge is 0.271 e. The van der Waals surface area contributed by atoms with Crippen LogP contribution in [0.1, 0.15) is 51.3 Å². The fourth-order valence-electron chi connectivity index (χ4n) is 2.77. The number of furan rings is 1. The Morgan fingerprint density at radius 3 is 2.41 bits per heavy atom. The van der Waals surface area contributed by atoms with Gasteiger partial charge < -0.3 is 13.9 Å². The molecule has 1 heterocycles. The predicted molar refractivity (Wildman–Crippen MR) is 93.9 cm³/mol. The molecule has 1 atom stereocenters. The summed E-state index contributed by atoms with van der Waals surface area (Å²) in [5.41, 5.74) is -0.196. The van der Waals surface area contributed by atoms with E-state index in [1.807, 2.05) is 6.92 Å². The van der Waals surface area contributed by atoms with E-state index in [-0.39, 0.29) is 22.5 Å². The van der Waals surface area contributed by atoms with Crippen molar-refractivity contribution < 1.29 is 33.1 Å². The number of ketones is 4. The van der Waals surface area contributed by atoms with E-state index in [0.29, 0.717) is 24.7 Å². The Labute approximate surface area is 159 Å². The first kappa shape index (κ1) is 18.8. The maximum atomic E-state index is 12.9. The Hall–Kier alpha value is -2.93. The van der Waals surface area contributed by atoms with Crippen molar-refractivity contribution in [2.45, 2.75) is 19.2 Å². The van der Waals surface area contributed by atoms with Crippen molar-refractivity contribution in [3.05, 3.63) is 46.9 Å². The molecule has 0 amide bonds. The summed E-state index contributed by atoms with van der Waals surface area (Å²) in [6.07, 6.45) is 1.03. The van der Waals surface area contributed by atoms with E-state index < -0.39 is 28.5 Å². The summed E-state index contributed by atoms with van der Waals surface area (Å²) in [6.45, 7) is 4.39. The van der Waals surface area contributed by atoms with Gasteiger partial charge in [-0.2, -0.15) is 0 Å². The highest BCUT2D eigenvalue weighted by Crippen LogP contribution is 2.36. The van der Waals surface area contributed by atoms with Gasteiger partial charge in [0.05, 0.1) is 24.3 Å². The van der Waals surface area contributed by atoms with Crippen molar-refractivity contribution in [2.24, 2.45) is 0 Å². The first-order valence-corrected chi connectivity index (χ1v) is 8.66. The third-order valence-electron chi connectivity index (χ3n) is 3.99. The van der Waals surface area contributed by atoms with E-state index in [2.05, 4.69) is 0 Å². The number of ether oxygens (including phenoxy) is 2. The first-order chi connectivity index (χ1) is 12.9. The monoisotopic (exact) mass is 390 g/mol. The highest BCUT2D eigenvalue weighted by atomic mass is 35.5. The van der Waals surface area contributed by atoms with E-state index in [0.717, 1.165) is 6.26 Å². The van der Waals surface area contributed by atoms with Crippen LogP contribution in [-0.2, 0) is 9.59 Å². The molecule has 0 bridgehead atoms. The predicted octanol–water partition coefficient (Wildman–Crippen LogP) is 2.92. The topological polar surface area (TPSA) is 99.9 Å². The van der Waals surface area contributed by atoms with Crippen LogP contribution in [0.4, 0.5) is 0 Å². The molecular formula is C19H15ClO7. The number of carbonyl (C=O) groups excluding carboxylic acids is 4. The molecule has 1 aliphatic carbocycles. The molecule has 0 saturated carbocycles. The second kappa shape index (κ2) is 7.36. The molecule has 0 saturated heterocycles. The van der Waals surface area contributed by atoms with Gasteiger partial charge in [-0.3, -0.25) is 19.2 Å². The molecule has 1 aliphatic rings. The quantitative estimate of drug-likeness (QED) is 0.424. The zero-order chi connectivity index (χ0) is 19.7. The van der Waals surface area contributed by atoms with Gasteiger partial charge in [-0.1, -0.05) is 0 Å². The maximum Gasteiger partial charge on any atom is 0.271 e. The van der Waals surface area contributed by atoms with E-state index in [9.17, 15) is 19.2 Å². The van der Waals surface area contributed by atoms with Gasteiger partial charge in [0.1, 0.15) is 12.0 Å². The van der Waals surface area contributed by atoms with Crippen LogP contribution in [0.15, 0.2) is 28.9 Å². The summed E-state index contributed by atoms with van der Waals surface area (Å²) >= 11 is 5.88. The fourth-order valence-corrected chi connectivity index (χ4v) is 3.03. The Kier molecular flexibility index (Phi) is 5.14. The Balaban J connectivity index is 2.05. The number of benzene rings is 1. The zero-order valence-electron chi connectivity index (χ0n) is 14.5. The normalized spacial score (nSPS) is 16.3. The highest BCUT2D eigenvalue weighted by molar-refractivity contribution is 6.72. The molecule has 140 valence electrons. The number of rotatable bonds is 6. The molecule has 8 heteroatoms. The van der Waals surface area contributed by atoms with Crippen molar-refractivity contribution >= 4 is 34.7 Å². The van der Waals surface area contributed by atoms with Crippen LogP contribution in [0.25, 0.3) is 0 Å². The highest BCUT2D eigenvalue weighted by Gasteiger charge is 2.44. The lowest BCUT2D eigenvalue weighted by Crippen LogP contribution is -2.33. The maximum absolute atomic E-state index is 12.9. The van der Waals surface area contributed by atoms with E-state index >= 15 is 0 Å². The van der Waals surface area contributed by atoms with Gasteiger partial charge in [0, 0.05) is 5.56 Å². The van der Waals surface area contributed by atoms with Crippen LogP contribution in [0.5, 0.6) is 11.5 Å². The molecule has 0 spiro atoms. The Bertz CT molecular complexity index is 957. The van der Waals surface area contributed by atoms with Gasteiger partial charge in [-0.25, -0.2) is 0 Å². The molecule has 3 rings (SSSR count). The number of hydrogen-bond acceptors (Lipinski definition) is 7. The summed E-state index contributed by atoms with van der Waals surface area (Å²) in [6, 6.07) is 4.57. The largest absolute Gasteiger partial charge is 0.490 e. The number of alkyl halides is 1. The zero-order valence-corrected chi connectivity index (χ0v) is 15.3. The van der Waals surface area contributed by atoms with Gasteiger partial charge in [0.25, 0.3) is 5.78 Å². The number of Topliss-reactive ketones (excluding diaryl/α,β-unsaturated/α-hetero) is 3. The molecule has 1 aromatic carbocycles. The van der Waals surface area contributed by atoms with Crippen LogP contribution in [0.3, 0.4) is 0 Å². The van der Waals surface area contributed by atoms with Crippen LogP contribution in [0.2, 0.25) is 0 Å². The minimum Gasteiger partial charge on any atom is -0.490 e. The minimum absolute atomic E-state index is 0.131. The lowest BCUT2D eigenvalue weighted by molar-refractivity contribution is -0.134. The summed E-state index contributed by atoms with van der Waals surface area (Å²) in [4.78, 5) is 48.6. The van der Waals surface area contributed by atoms with E-state index in [4.69, 9.17) is 25.5 Å². The lowest BCUT2D eigenvalue weighted by atomic mass is 9.89.